The predicted octanol–water partition coefficient (Wildman–Crippen LogP) is 4.12. The van der Waals surface area contributed by atoms with Crippen LogP contribution < -0.4 is 0 Å². The van der Waals surface area contributed by atoms with E-state index in [2.05, 4.69) is 11.5 Å². The monoisotopic (exact) mass is 239 g/mol. The lowest BCUT2D eigenvalue weighted by molar-refractivity contribution is 0.334. The molecule has 0 aliphatic carbocycles. The molecule has 1 aliphatic heterocycles. The van der Waals surface area contributed by atoms with E-state index in [4.69, 9.17) is 11.6 Å². The Morgan fingerprint density at radius 1 is 1.31 bits per heavy atom. The van der Waals surface area contributed by atoms with Crippen LogP contribution in [0.25, 0.3) is 0 Å². The first kappa shape index (κ1) is 13.5. The molecule has 16 heavy (non-hydrogen) atoms. The molecular formula is C14H22ClN. The number of allylic oxidation sites excluding steroid dienone is 5. The highest BCUT2D eigenvalue weighted by atomic mass is 35.5. The van der Waals surface area contributed by atoms with Crippen LogP contribution in [-0.4, -0.2) is 24.5 Å². The van der Waals surface area contributed by atoms with Gasteiger partial charge in [0.05, 0.1) is 0 Å². The lowest BCUT2D eigenvalue weighted by atomic mass is 10.1. The molecular weight excluding hydrogens is 218 g/mol. The van der Waals surface area contributed by atoms with Crippen LogP contribution >= 0.6 is 11.6 Å². The molecule has 1 nitrogen and oxygen atoms in total. The third-order valence-corrected chi connectivity index (χ3v) is 3.27. The van der Waals surface area contributed by atoms with E-state index in [-0.39, 0.29) is 0 Å². The molecule has 0 aromatic heterocycles. The van der Waals surface area contributed by atoms with E-state index in [1.807, 2.05) is 25.2 Å². The van der Waals surface area contributed by atoms with Crippen molar-refractivity contribution in [2.75, 3.05) is 19.6 Å². The molecule has 0 aromatic carbocycles. The number of rotatable bonds is 6. The van der Waals surface area contributed by atoms with Crippen LogP contribution in [0, 0.1) is 0 Å². The fourth-order valence-electron chi connectivity index (χ4n) is 1.91. The highest BCUT2D eigenvalue weighted by Crippen LogP contribution is 2.12. The molecule has 2 heteroatoms. The summed E-state index contributed by atoms with van der Waals surface area (Å²) in [5.74, 6) is 0. The molecule has 1 aliphatic rings. The maximum atomic E-state index is 5.87. The van der Waals surface area contributed by atoms with E-state index >= 15 is 0 Å². The average Bonchev–Trinajstić information content (AvgIpc) is 2.79. The molecule has 0 saturated carbocycles. The SMILES string of the molecule is C=C(/C=C\C(Cl)=C/C)CCCN1CCCC1. The van der Waals surface area contributed by atoms with Gasteiger partial charge in [-0.2, -0.15) is 0 Å². The largest absolute Gasteiger partial charge is 0.303 e. The molecule has 1 rings (SSSR count). The quantitative estimate of drug-likeness (QED) is 0.631. The van der Waals surface area contributed by atoms with Gasteiger partial charge in [-0.05, 0) is 58.3 Å². The van der Waals surface area contributed by atoms with Crippen molar-refractivity contribution in [3.63, 3.8) is 0 Å². The van der Waals surface area contributed by atoms with Crippen LogP contribution in [0.4, 0.5) is 0 Å². The maximum Gasteiger partial charge on any atom is 0.0363 e. The number of nitrogens with zero attached hydrogens (tertiary/aromatic N) is 1. The van der Waals surface area contributed by atoms with E-state index in [9.17, 15) is 0 Å². The Morgan fingerprint density at radius 2 is 2.00 bits per heavy atom. The Kier molecular flexibility index (Phi) is 6.51. The van der Waals surface area contributed by atoms with Gasteiger partial charge < -0.3 is 4.90 Å². The van der Waals surface area contributed by atoms with Crippen molar-refractivity contribution < 1.29 is 0 Å². The lowest BCUT2D eigenvalue weighted by Crippen LogP contribution is -2.20. The topological polar surface area (TPSA) is 3.24 Å². The second kappa shape index (κ2) is 7.70. The van der Waals surface area contributed by atoms with Crippen LogP contribution in [0.3, 0.4) is 0 Å². The summed E-state index contributed by atoms with van der Waals surface area (Å²) < 4.78 is 0. The summed E-state index contributed by atoms with van der Waals surface area (Å²) in [4.78, 5) is 2.54. The molecule has 0 atom stereocenters. The van der Waals surface area contributed by atoms with Crippen molar-refractivity contribution in [1.29, 1.82) is 0 Å². The molecule has 0 unspecified atom stereocenters. The molecule has 0 spiro atoms. The average molecular weight is 240 g/mol. The van der Waals surface area contributed by atoms with Crippen molar-refractivity contribution in [2.24, 2.45) is 0 Å². The van der Waals surface area contributed by atoms with Crippen LogP contribution in [0.15, 0.2) is 35.4 Å². The first-order valence-corrected chi connectivity index (χ1v) is 6.50. The summed E-state index contributed by atoms with van der Waals surface area (Å²) in [6, 6.07) is 0. The third-order valence-electron chi connectivity index (χ3n) is 2.92. The van der Waals surface area contributed by atoms with Gasteiger partial charge in [0.25, 0.3) is 0 Å². The number of halogens is 1. The van der Waals surface area contributed by atoms with Gasteiger partial charge in [0.1, 0.15) is 0 Å². The lowest BCUT2D eigenvalue weighted by Gasteiger charge is -2.13. The fraction of sp³-hybridized carbons (Fsp3) is 0.571. The Hall–Kier alpha value is -0.530. The van der Waals surface area contributed by atoms with Gasteiger partial charge in [0.2, 0.25) is 0 Å². The zero-order valence-corrected chi connectivity index (χ0v) is 11.0. The van der Waals surface area contributed by atoms with Gasteiger partial charge in [-0.15, -0.1) is 0 Å². The second-order valence-corrected chi connectivity index (χ2v) is 4.75. The summed E-state index contributed by atoms with van der Waals surface area (Å²) in [6.07, 6.45) is 10.8. The molecule has 1 heterocycles. The molecule has 0 amide bonds. The number of likely N-dealkylation sites (tertiary alicyclic amines) is 1. The second-order valence-electron chi connectivity index (χ2n) is 4.32. The first-order chi connectivity index (χ1) is 7.72. The van der Waals surface area contributed by atoms with Crippen LogP contribution in [0.2, 0.25) is 0 Å². The third kappa shape index (κ3) is 5.53. The summed E-state index contributed by atoms with van der Waals surface area (Å²) >= 11 is 5.87. The van der Waals surface area contributed by atoms with Crippen molar-refractivity contribution >= 4 is 11.6 Å². The van der Waals surface area contributed by atoms with Crippen LogP contribution in [-0.2, 0) is 0 Å². The minimum atomic E-state index is 0.778. The summed E-state index contributed by atoms with van der Waals surface area (Å²) in [7, 11) is 0. The normalized spacial score (nSPS) is 18.5. The molecule has 0 N–H and O–H groups in total. The summed E-state index contributed by atoms with van der Waals surface area (Å²) in [5.41, 5.74) is 1.17. The molecule has 0 aromatic rings. The van der Waals surface area contributed by atoms with E-state index < -0.39 is 0 Å². The van der Waals surface area contributed by atoms with Crippen molar-refractivity contribution in [3.05, 3.63) is 35.4 Å². The Labute approximate surface area is 104 Å². The summed E-state index contributed by atoms with van der Waals surface area (Å²) in [6.45, 7) is 9.75. The van der Waals surface area contributed by atoms with Gasteiger partial charge in [-0.1, -0.05) is 35.9 Å². The van der Waals surface area contributed by atoms with E-state index in [1.54, 1.807) is 0 Å². The van der Waals surface area contributed by atoms with Gasteiger partial charge in [0, 0.05) is 5.03 Å². The van der Waals surface area contributed by atoms with Gasteiger partial charge in [-0.3, -0.25) is 0 Å². The highest BCUT2D eigenvalue weighted by Gasteiger charge is 2.09. The zero-order valence-electron chi connectivity index (χ0n) is 10.2. The molecule has 0 bridgehead atoms. The molecule has 90 valence electrons. The smallest absolute Gasteiger partial charge is 0.0363 e. The molecule has 0 radical (unpaired) electrons. The summed E-state index contributed by atoms with van der Waals surface area (Å²) in [5, 5.41) is 0.778. The minimum absolute atomic E-state index is 0.778. The van der Waals surface area contributed by atoms with Crippen molar-refractivity contribution in [1.82, 2.24) is 4.90 Å². The standard InChI is InChI=1S/C14H22ClN/c1-3-14(15)9-8-13(2)7-6-12-16-10-4-5-11-16/h3,8-9H,2,4-7,10-12H2,1H3/b9-8-,14-3+. The van der Waals surface area contributed by atoms with Gasteiger partial charge in [-0.25, -0.2) is 0 Å². The van der Waals surface area contributed by atoms with Crippen molar-refractivity contribution in [3.8, 4) is 0 Å². The minimum Gasteiger partial charge on any atom is -0.303 e. The Morgan fingerprint density at radius 3 is 2.62 bits per heavy atom. The van der Waals surface area contributed by atoms with Crippen LogP contribution in [0.5, 0.6) is 0 Å². The van der Waals surface area contributed by atoms with Gasteiger partial charge >= 0.3 is 0 Å². The number of hydrogen-bond acceptors (Lipinski definition) is 1. The highest BCUT2D eigenvalue weighted by molar-refractivity contribution is 6.31. The predicted molar refractivity (Wildman–Crippen MR) is 72.8 cm³/mol. The fourth-order valence-corrected chi connectivity index (χ4v) is 1.98. The Bertz CT molecular complexity index is 272. The van der Waals surface area contributed by atoms with E-state index in [0.29, 0.717) is 0 Å². The molecule has 1 fully saturated rings. The first-order valence-electron chi connectivity index (χ1n) is 6.12. The van der Waals surface area contributed by atoms with Crippen LogP contribution in [0.1, 0.15) is 32.6 Å². The Balaban J connectivity index is 2.12. The van der Waals surface area contributed by atoms with Gasteiger partial charge in [0.15, 0.2) is 0 Å². The van der Waals surface area contributed by atoms with Crippen molar-refractivity contribution in [2.45, 2.75) is 32.6 Å². The maximum absolute atomic E-state index is 5.87. The van der Waals surface area contributed by atoms with E-state index in [0.717, 1.165) is 11.5 Å². The zero-order chi connectivity index (χ0) is 11.8. The number of hydrogen-bond donors (Lipinski definition) is 0. The van der Waals surface area contributed by atoms with E-state index in [1.165, 1.54) is 44.5 Å². The molecule has 1 saturated heterocycles.